The number of benzene rings is 6. The number of phenols is 4. The molecule has 6 aromatic rings. The van der Waals surface area contributed by atoms with Gasteiger partial charge in [0.1, 0.15) is 45.7 Å². The second kappa shape index (κ2) is 13.6. The van der Waals surface area contributed by atoms with E-state index in [1.54, 1.807) is 48.5 Å². The minimum atomic E-state index is 0. The monoisotopic (exact) mass is 615 g/mol. The van der Waals surface area contributed by atoms with Gasteiger partial charge in [0, 0.05) is 27.6 Å². The molecule has 0 bridgehead atoms. The Morgan fingerprint density at radius 3 is 1.21 bits per heavy atom. The minimum Gasteiger partial charge on any atom is -0.506 e. The summed E-state index contributed by atoms with van der Waals surface area (Å²) in [5.74, 6) is 0.238. The molecule has 8 nitrogen and oxygen atoms in total. The molecule has 4 N–H and O–H groups in total. The minimum absolute atomic E-state index is 0. The fourth-order valence-corrected chi connectivity index (χ4v) is 4.33. The summed E-state index contributed by atoms with van der Waals surface area (Å²) in [6.45, 7) is 3.82. The summed E-state index contributed by atoms with van der Waals surface area (Å²) in [5, 5.41) is 59.5. The first-order valence-electron chi connectivity index (χ1n) is 13.1. The molecular weight excluding hydrogens is 587 g/mol. The van der Waals surface area contributed by atoms with Gasteiger partial charge in [0.15, 0.2) is 0 Å². The first-order valence-corrected chi connectivity index (χ1v) is 13.1. The Morgan fingerprint density at radius 1 is 0.419 bits per heavy atom. The van der Waals surface area contributed by atoms with Crippen LogP contribution in [-0.2, 0) is 16.8 Å². The van der Waals surface area contributed by atoms with Crippen LogP contribution in [0, 0.1) is 13.8 Å². The van der Waals surface area contributed by atoms with E-state index in [1.165, 1.54) is 0 Å². The number of aromatic hydroxyl groups is 4. The smallest absolute Gasteiger partial charge is 0.143 e. The average molecular weight is 616 g/mol. The number of azo groups is 2. The van der Waals surface area contributed by atoms with Crippen molar-refractivity contribution in [3.63, 3.8) is 0 Å². The number of rotatable bonds is 4. The molecule has 1 radical (unpaired) electrons. The molecule has 217 valence electrons. The molecular formula is C34H28CoN4O4. The third kappa shape index (κ3) is 7.15. The van der Waals surface area contributed by atoms with Crippen molar-refractivity contribution in [1.82, 2.24) is 0 Å². The van der Waals surface area contributed by atoms with Crippen LogP contribution in [0.15, 0.2) is 130 Å². The van der Waals surface area contributed by atoms with Crippen LogP contribution in [0.25, 0.3) is 21.5 Å². The maximum Gasteiger partial charge on any atom is 0.143 e. The first kappa shape index (κ1) is 30.7. The van der Waals surface area contributed by atoms with E-state index in [0.717, 1.165) is 32.7 Å². The van der Waals surface area contributed by atoms with E-state index in [9.17, 15) is 20.4 Å². The molecule has 0 aromatic heterocycles. The molecule has 6 rings (SSSR count). The van der Waals surface area contributed by atoms with Gasteiger partial charge in [-0.25, -0.2) is 0 Å². The predicted molar refractivity (Wildman–Crippen MR) is 165 cm³/mol. The van der Waals surface area contributed by atoms with Crippen molar-refractivity contribution in [3.05, 3.63) is 120 Å². The predicted octanol–water partition coefficient (Wildman–Crippen LogP) is 9.95. The topological polar surface area (TPSA) is 130 Å². The van der Waals surface area contributed by atoms with Gasteiger partial charge in [-0.15, -0.1) is 20.5 Å². The quantitative estimate of drug-likeness (QED) is 0.147. The normalized spacial score (nSPS) is 11.0. The Bertz CT molecular complexity index is 1830. The van der Waals surface area contributed by atoms with Crippen molar-refractivity contribution in [3.8, 4) is 23.0 Å². The third-order valence-corrected chi connectivity index (χ3v) is 6.54. The van der Waals surface area contributed by atoms with Crippen LogP contribution < -0.4 is 0 Å². The maximum atomic E-state index is 9.99. The summed E-state index contributed by atoms with van der Waals surface area (Å²) in [6.07, 6.45) is 0. The van der Waals surface area contributed by atoms with Crippen LogP contribution in [-0.4, -0.2) is 20.4 Å². The summed E-state index contributed by atoms with van der Waals surface area (Å²) in [5.41, 5.74) is 3.50. The second-order valence-corrected chi connectivity index (χ2v) is 9.69. The van der Waals surface area contributed by atoms with Gasteiger partial charge < -0.3 is 20.4 Å². The summed E-state index contributed by atoms with van der Waals surface area (Å²) >= 11 is 0. The van der Waals surface area contributed by atoms with Crippen LogP contribution >= 0.6 is 0 Å². The Morgan fingerprint density at radius 2 is 0.791 bits per heavy atom. The van der Waals surface area contributed by atoms with Gasteiger partial charge in [-0.05, 0) is 72.1 Å². The molecule has 0 aliphatic heterocycles. The van der Waals surface area contributed by atoms with E-state index < -0.39 is 0 Å². The Kier molecular flexibility index (Phi) is 9.71. The van der Waals surface area contributed by atoms with E-state index in [-0.39, 0.29) is 39.8 Å². The SMILES string of the molecule is Cc1ccc(O)c(N=Nc2c(O)ccc3ccccc23)c1.Cc1ccc(O)c(N=Nc2c(O)ccc3ccccc23)c1.[Co]. The van der Waals surface area contributed by atoms with E-state index in [1.807, 2.05) is 74.5 Å². The Hall–Kier alpha value is -5.25. The van der Waals surface area contributed by atoms with E-state index >= 15 is 0 Å². The molecule has 0 heterocycles. The van der Waals surface area contributed by atoms with Crippen LogP contribution in [0.2, 0.25) is 0 Å². The second-order valence-electron chi connectivity index (χ2n) is 9.69. The van der Waals surface area contributed by atoms with Gasteiger partial charge in [0.05, 0.1) is 0 Å². The molecule has 0 aliphatic rings. The Balaban J connectivity index is 0.000000192. The first-order chi connectivity index (χ1) is 20.3. The third-order valence-electron chi connectivity index (χ3n) is 6.54. The molecule has 0 fully saturated rings. The summed E-state index contributed by atoms with van der Waals surface area (Å²) in [7, 11) is 0. The molecule has 0 aliphatic carbocycles. The number of fused-ring (bicyclic) bond motifs is 2. The van der Waals surface area contributed by atoms with Gasteiger partial charge in [-0.3, -0.25) is 0 Å². The van der Waals surface area contributed by atoms with Crippen molar-refractivity contribution >= 4 is 44.3 Å². The molecule has 9 heteroatoms. The van der Waals surface area contributed by atoms with Crippen molar-refractivity contribution in [2.75, 3.05) is 0 Å². The van der Waals surface area contributed by atoms with E-state index in [2.05, 4.69) is 20.5 Å². The van der Waals surface area contributed by atoms with Crippen LogP contribution in [0.4, 0.5) is 22.7 Å². The largest absolute Gasteiger partial charge is 0.506 e. The number of hydrogen-bond acceptors (Lipinski definition) is 8. The average Bonchev–Trinajstić information content (AvgIpc) is 2.99. The van der Waals surface area contributed by atoms with Crippen molar-refractivity contribution in [2.24, 2.45) is 20.5 Å². The molecule has 43 heavy (non-hydrogen) atoms. The summed E-state index contributed by atoms with van der Waals surface area (Å²) in [4.78, 5) is 0. The zero-order valence-electron chi connectivity index (χ0n) is 23.3. The van der Waals surface area contributed by atoms with E-state index in [0.29, 0.717) is 22.7 Å². The van der Waals surface area contributed by atoms with Crippen LogP contribution in [0.3, 0.4) is 0 Å². The fourth-order valence-electron chi connectivity index (χ4n) is 4.33. The fraction of sp³-hybridized carbons (Fsp3) is 0.0588. The maximum absolute atomic E-state index is 9.99. The van der Waals surface area contributed by atoms with Gasteiger partial charge in [-0.2, -0.15) is 0 Å². The molecule has 0 amide bonds. The standard InChI is InChI=1S/2C17H14N2O2.Co/c2*1-11-6-8-15(20)14(10-11)18-19-17-13-5-3-2-4-12(13)7-9-16(17)21;/h2*2-10,20-21H,1H3;. The molecule has 6 aromatic carbocycles. The van der Waals surface area contributed by atoms with Crippen LogP contribution in [0.1, 0.15) is 11.1 Å². The summed E-state index contributed by atoms with van der Waals surface area (Å²) < 4.78 is 0. The number of aryl methyl sites for hydroxylation is 2. The molecule has 0 saturated heterocycles. The number of hydrogen-bond donors (Lipinski definition) is 4. The van der Waals surface area contributed by atoms with Gasteiger partial charge >= 0.3 is 0 Å². The zero-order valence-corrected chi connectivity index (χ0v) is 24.3. The summed E-state index contributed by atoms with van der Waals surface area (Å²) in [6, 6.07) is 32.3. The van der Waals surface area contributed by atoms with Crippen molar-refractivity contribution in [1.29, 1.82) is 0 Å². The molecule has 0 atom stereocenters. The van der Waals surface area contributed by atoms with Crippen molar-refractivity contribution in [2.45, 2.75) is 13.8 Å². The molecule has 0 saturated carbocycles. The van der Waals surface area contributed by atoms with E-state index in [4.69, 9.17) is 0 Å². The molecule has 0 spiro atoms. The van der Waals surface area contributed by atoms with Gasteiger partial charge in [-0.1, -0.05) is 72.8 Å². The van der Waals surface area contributed by atoms with Gasteiger partial charge in [0.25, 0.3) is 0 Å². The number of phenolic OH excluding ortho intramolecular Hbond substituents is 4. The zero-order chi connectivity index (χ0) is 29.6. The Labute approximate surface area is 258 Å². The molecule has 0 unspecified atom stereocenters. The van der Waals surface area contributed by atoms with Crippen molar-refractivity contribution < 1.29 is 37.2 Å². The number of nitrogens with zero attached hydrogens (tertiary/aromatic N) is 4. The van der Waals surface area contributed by atoms with Gasteiger partial charge in [0.2, 0.25) is 0 Å². The van der Waals surface area contributed by atoms with Crippen LogP contribution in [0.5, 0.6) is 23.0 Å².